The van der Waals surface area contributed by atoms with Gasteiger partial charge in [-0.2, -0.15) is 12.6 Å². The zero-order valence-electron chi connectivity index (χ0n) is 6.46. The quantitative estimate of drug-likeness (QED) is 0.642. The highest BCUT2D eigenvalue weighted by molar-refractivity contribution is 7.81. The molecule has 1 aliphatic rings. The van der Waals surface area contributed by atoms with Gasteiger partial charge in [0.15, 0.2) is 0 Å². The second-order valence-corrected chi connectivity index (χ2v) is 3.97. The van der Waals surface area contributed by atoms with Gasteiger partial charge in [-0.15, -0.1) is 0 Å². The molecule has 0 aliphatic heterocycles. The third-order valence-electron chi connectivity index (χ3n) is 2.26. The molecule has 1 atom stereocenters. The summed E-state index contributed by atoms with van der Waals surface area (Å²) in [5.74, 6) is 0.890. The first-order valence-electron chi connectivity index (χ1n) is 4.16. The van der Waals surface area contributed by atoms with Crippen LogP contribution in [0.4, 0.5) is 0 Å². The minimum Gasteiger partial charge on any atom is -0.365 e. The average Bonchev–Trinajstić information content (AvgIpc) is 2.73. The second kappa shape index (κ2) is 2.94. The van der Waals surface area contributed by atoms with E-state index in [0.29, 0.717) is 5.25 Å². The first kappa shape index (κ1) is 7.29. The normalized spacial score (nSPS) is 20.1. The summed E-state index contributed by atoms with van der Waals surface area (Å²) < 4.78 is 0. The fraction of sp³-hybridized carbons (Fsp3) is 0.556. The van der Waals surface area contributed by atoms with Gasteiger partial charge >= 0.3 is 0 Å². The number of thiol groups is 1. The van der Waals surface area contributed by atoms with Crippen LogP contribution in [0.1, 0.15) is 18.5 Å². The standard InChI is InChI=1S/C9H13NS/c11-9(7-3-4-7)6-8-2-1-5-10-8/h1-2,5,7,9-11H,3-4,6H2. The number of hydrogen-bond acceptors (Lipinski definition) is 1. The summed E-state index contributed by atoms with van der Waals surface area (Å²) in [5.41, 5.74) is 1.32. The van der Waals surface area contributed by atoms with Crippen LogP contribution >= 0.6 is 12.6 Å². The Morgan fingerprint density at radius 2 is 2.45 bits per heavy atom. The lowest BCUT2D eigenvalue weighted by Crippen LogP contribution is -2.05. The molecule has 60 valence electrons. The third kappa shape index (κ3) is 1.80. The Morgan fingerprint density at radius 1 is 1.64 bits per heavy atom. The van der Waals surface area contributed by atoms with Crippen LogP contribution in [0.5, 0.6) is 0 Å². The third-order valence-corrected chi connectivity index (χ3v) is 2.86. The number of H-pyrrole nitrogens is 1. The lowest BCUT2D eigenvalue weighted by atomic mass is 10.2. The van der Waals surface area contributed by atoms with E-state index in [0.717, 1.165) is 12.3 Å². The maximum atomic E-state index is 4.55. The molecule has 11 heavy (non-hydrogen) atoms. The van der Waals surface area contributed by atoms with Crippen LogP contribution in [0.3, 0.4) is 0 Å². The van der Waals surface area contributed by atoms with E-state index in [-0.39, 0.29) is 0 Å². The van der Waals surface area contributed by atoms with Gasteiger partial charge in [-0.05, 0) is 37.3 Å². The van der Waals surface area contributed by atoms with Gasteiger partial charge in [-0.25, -0.2) is 0 Å². The molecule has 0 bridgehead atoms. The van der Waals surface area contributed by atoms with Crippen molar-refractivity contribution in [3.05, 3.63) is 24.0 Å². The van der Waals surface area contributed by atoms with Gasteiger partial charge in [0.05, 0.1) is 0 Å². The van der Waals surface area contributed by atoms with Crippen molar-refractivity contribution in [2.24, 2.45) is 5.92 Å². The van der Waals surface area contributed by atoms with Gasteiger partial charge in [0.25, 0.3) is 0 Å². The van der Waals surface area contributed by atoms with Crippen molar-refractivity contribution in [2.45, 2.75) is 24.5 Å². The minimum atomic E-state index is 0.577. The molecule has 1 N–H and O–H groups in total. The lowest BCUT2D eigenvalue weighted by molar-refractivity contribution is 0.742. The van der Waals surface area contributed by atoms with Crippen LogP contribution in [-0.2, 0) is 6.42 Å². The van der Waals surface area contributed by atoms with Gasteiger partial charge in [0.1, 0.15) is 0 Å². The summed E-state index contributed by atoms with van der Waals surface area (Å²) in [6.07, 6.45) is 5.84. The van der Waals surface area contributed by atoms with E-state index in [1.807, 2.05) is 12.3 Å². The summed E-state index contributed by atoms with van der Waals surface area (Å²) in [5, 5.41) is 0.577. The van der Waals surface area contributed by atoms with Crippen LogP contribution in [0.2, 0.25) is 0 Å². The van der Waals surface area contributed by atoms with Crippen molar-refractivity contribution in [3.8, 4) is 0 Å². The molecule has 1 saturated carbocycles. The predicted octanol–water partition coefficient (Wildman–Crippen LogP) is 2.27. The van der Waals surface area contributed by atoms with Gasteiger partial charge < -0.3 is 4.98 Å². The molecule has 1 aromatic heterocycles. The highest BCUT2D eigenvalue weighted by Crippen LogP contribution is 2.36. The van der Waals surface area contributed by atoms with Crippen LogP contribution in [-0.4, -0.2) is 10.2 Å². The topological polar surface area (TPSA) is 15.8 Å². The molecule has 0 aromatic carbocycles. The molecule has 1 aliphatic carbocycles. The van der Waals surface area contributed by atoms with Crippen molar-refractivity contribution >= 4 is 12.6 Å². The van der Waals surface area contributed by atoms with Crippen molar-refractivity contribution in [2.75, 3.05) is 0 Å². The fourth-order valence-electron chi connectivity index (χ4n) is 1.37. The summed E-state index contributed by atoms with van der Waals surface area (Å²) in [4.78, 5) is 3.20. The summed E-state index contributed by atoms with van der Waals surface area (Å²) in [7, 11) is 0. The molecule has 1 heterocycles. The Balaban J connectivity index is 1.89. The van der Waals surface area contributed by atoms with Crippen molar-refractivity contribution in [1.29, 1.82) is 0 Å². The molecule has 0 saturated heterocycles. The Hall–Kier alpha value is -0.370. The first-order valence-corrected chi connectivity index (χ1v) is 4.68. The molecule has 2 rings (SSSR count). The Bertz CT molecular complexity index is 213. The molecule has 1 nitrogen and oxygen atoms in total. The van der Waals surface area contributed by atoms with Gasteiger partial charge in [-0.3, -0.25) is 0 Å². The first-order chi connectivity index (χ1) is 5.36. The fourth-order valence-corrected chi connectivity index (χ4v) is 1.86. The maximum Gasteiger partial charge on any atom is 0.0158 e. The molecular weight excluding hydrogens is 154 g/mol. The van der Waals surface area contributed by atoms with Crippen LogP contribution < -0.4 is 0 Å². The van der Waals surface area contributed by atoms with Crippen LogP contribution in [0, 0.1) is 5.92 Å². The van der Waals surface area contributed by atoms with Crippen molar-refractivity contribution < 1.29 is 0 Å². The monoisotopic (exact) mass is 167 g/mol. The SMILES string of the molecule is SC(Cc1ccc[nH]1)C1CC1. The predicted molar refractivity (Wildman–Crippen MR) is 50.0 cm³/mol. The summed E-state index contributed by atoms with van der Waals surface area (Å²) >= 11 is 4.55. The summed E-state index contributed by atoms with van der Waals surface area (Å²) in [6, 6.07) is 4.17. The largest absolute Gasteiger partial charge is 0.365 e. The second-order valence-electron chi connectivity index (χ2n) is 3.30. The van der Waals surface area contributed by atoms with Crippen molar-refractivity contribution in [1.82, 2.24) is 4.98 Å². The molecule has 2 heteroatoms. The molecule has 0 radical (unpaired) electrons. The molecule has 0 spiro atoms. The maximum absolute atomic E-state index is 4.55. The van der Waals surface area contributed by atoms with E-state index >= 15 is 0 Å². The van der Waals surface area contributed by atoms with Gasteiger partial charge in [0, 0.05) is 17.1 Å². The minimum absolute atomic E-state index is 0.577. The van der Waals surface area contributed by atoms with E-state index in [1.54, 1.807) is 0 Å². The number of rotatable bonds is 3. The molecule has 1 unspecified atom stereocenters. The van der Waals surface area contributed by atoms with Gasteiger partial charge in [0.2, 0.25) is 0 Å². The number of hydrogen-bond donors (Lipinski definition) is 2. The van der Waals surface area contributed by atoms with Gasteiger partial charge in [-0.1, -0.05) is 0 Å². The Labute approximate surface area is 72.6 Å². The highest BCUT2D eigenvalue weighted by Gasteiger charge is 2.28. The molecule has 1 fully saturated rings. The molecule has 1 aromatic rings. The average molecular weight is 167 g/mol. The smallest absolute Gasteiger partial charge is 0.0158 e. The van der Waals surface area contributed by atoms with E-state index in [4.69, 9.17) is 0 Å². The van der Waals surface area contributed by atoms with Crippen molar-refractivity contribution in [3.63, 3.8) is 0 Å². The molecule has 0 amide bonds. The zero-order valence-corrected chi connectivity index (χ0v) is 7.35. The zero-order chi connectivity index (χ0) is 7.68. The van der Waals surface area contributed by atoms with E-state index < -0.39 is 0 Å². The molecular formula is C9H13NS. The van der Waals surface area contributed by atoms with E-state index in [9.17, 15) is 0 Å². The van der Waals surface area contributed by atoms with E-state index in [1.165, 1.54) is 18.5 Å². The Morgan fingerprint density at radius 3 is 3.00 bits per heavy atom. The van der Waals surface area contributed by atoms with Crippen LogP contribution in [0.25, 0.3) is 0 Å². The van der Waals surface area contributed by atoms with Crippen LogP contribution in [0.15, 0.2) is 18.3 Å². The summed E-state index contributed by atoms with van der Waals surface area (Å²) in [6.45, 7) is 0. The Kier molecular flexibility index (Phi) is 1.95. The lowest BCUT2D eigenvalue weighted by Gasteiger charge is -2.06. The number of aromatic amines is 1. The van der Waals surface area contributed by atoms with E-state index in [2.05, 4.69) is 23.7 Å². The number of nitrogens with one attached hydrogen (secondary N) is 1. The number of aromatic nitrogens is 1. The highest BCUT2D eigenvalue weighted by atomic mass is 32.1.